The third-order valence-electron chi connectivity index (χ3n) is 4.35. The highest BCUT2D eigenvalue weighted by Crippen LogP contribution is 2.23. The van der Waals surface area contributed by atoms with Crippen LogP contribution in [0.4, 0.5) is 0 Å². The van der Waals surface area contributed by atoms with Crippen LogP contribution in [0.3, 0.4) is 0 Å². The number of nitrogens with one attached hydrogen (secondary N) is 1. The Labute approximate surface area is 133 Å². The topological polar surface area (TPSA) is 64.3 Å². The van der Waals surface area contributed by atoms with E-state index in [2.05, 4.69) is 11.4 Å². The fourth-order valence-electron chi connectivity index (χ4n) is 3.24. The van der Waals surface area contributed by atoms with Gasteiger partial charge < -0.3 is 15.8 Å². The first-order valence-electron chi connectivity index (χ1n) is 8.29. The average molecular weight is 304 g/mol. The number of hydrogen-bond donors (Lipinski definition) is 2. The minimum Gasteiger partial charge on any atom is -0.493 e. The van der Waals surface area contributed by atoms with Crippen molar-refractivity contribution in [3.05, 3.63) is 29.3 Å². The molecular weight excluding hydrogens is 276 g/mol. The number of amides is 1. The molecule has 2 unspecified atom stereocenters. The van der Waals surface area contributed by atoms with Crippen LogP contribution in [0.15, 0.2) is 18.2 Å². The van der Waals surface area contributed by atoms with Crippen LogP contribution in [0.5, 0.6) is 5.75 Å². The van der Waals surface area contributed by atoms with Gasteiger partial charge in [-0.25, -0.2) is 0 Å². The third kappa shape index (κ3) is 5.02. The van der Waals surface area contributed by atoms with Crippen molar-refractivity contribution < 1.29 is 9.53 Å². The lowest BCUT2D eigenvalue weighted by atomic mass is 9.84. The molecule has 1 aromatic rings. The molecule has 1 saturated carbocycles. The van der Waals surface area contributed by atoms with Crippen molar-refractivity contribution in [2.45, 2.75) is 52.0 Å². The number of aryl methyl sites for hydroxylation is 2. The monoisotopic (exact) mass is 304 g/mol. The van der Waals surface area contributed by atoms with Gasteiger partial charge in [-0.1, -0.05) is 18.9 Å². The summed E-state index contributed by atoms with van der Waals surface area (Å²) in [5.74, 6) is 1.33. The highest BCUT2D eigenvalue weighted by atomic mass is 16.5. The van der Waals surface area contributed by atoms with Gasteiger partial charge in [-0.15, -0.1) is 0 Å². The van der Waals surface area contributed by atoms with Crippen molar-refractivity contribution in [2.24, 2.45) is 11.7 Å². The Morgan fingerprint density at radius 1 is 1.23 bits per heavy atom. The zero-order valence-corrected chi connectivity index (χ0v) is 13.7. The van der Waals surface area contributed by atoms with E-state index in [-0.39, 0.29) is 11.9 Å². The van der Waals surface area contributed by atoms with Gasteiger partial charge in [0, 0.05) is 6.04 Å². The minimum atomic E-state index is 0.0646. The molecule has 1 aromatic carbocycles. The summed E-state index contributed by atoms with van der Waals surface area (Å²) >= 11 is 0. The van der Waals surface area contributed by atoms with Gasteiger partial charge in [0.15, 0.2) is 0 Å². The van der Waals surface area contributed by atoms with Gasteiger partial charge in [0.1, 0.15) is 5.75 Å². The molecule has 4 nitrogen and oxygen atoms in total. The molecule has 1 aliphatic carbocycles. The molecule has 1 amide bonds. The van der Waals surface area contributed by atoms with Crippen LogP contribution in [-0.2, 0) is 4.79 Å². The molecule has 3 N–H and O–H groups in total. The Morgan fingerprint density at radius 3 is 2.59 bits per heavy atom. The van der Waals surface area contributed by atoms with Crippen molar-refractivity contribution >= 4 is 5.91 Å². The summed E-state index contributed by atoms with van der Waals surface area (Å²) in [4.78, 5) is 12.1. The van der Waals surface area contributed by atoms with Crippen molar-refractivity contribution in [2.75, 3.05) is 13.2 Å². The predicted octanol–water partition coefficient (Wildman–Crippen LogP) is 2.71. The van der Waals surface area contributed by atoms with Crippen LogP contribution in [0.1, 0.15) is 43.2 Å². The Bertz CT molecular complexity index is 482. The summed E-state index contributed by atoms with van der Waals surface area (Å²) in [7, 11) is 0. The minimum absolute atomic E-state index is 0.0646. The highest BCUT2D eigenvalue weighted by Gasteiger charge is 2.25. The zero-order valence-electron chi connectivity index (χ0n) is 13.7. The number of rotatable bonds is 6. The van der Waals surface area contributed by atoms with Crippen molar-refractivity contribution in [3.63, 3.8) is 0 Å². The van der Waals surface area contributed by atoms with Gasteiger partial charge in [0.05, 0.1) is 13.0 Å². The molecule has 0 aromatic heterocycles. The molecule has 0 spiro atoms. The number of nitrogens with two attached hydrogens (primary N) is 1. The Hall–Kier alpha value is -1.55. The lowest BCUT2D eigenvalue weighted by Crippen LogP contribution is -2.45. The summed E-state index contributed by atoms with van der Waals surface area (Å²) < 4.78 is 5.70. The maximum Gasteiger partial charge on any atom is 0.223 e. The summed E-state index contributed by atoms with van der Waals surface area (Å²) in [6, 6.07) is 6.34. The Kier molecular flexibility index (Phi) is 6.25. The molecule has 1 aliphatic rings. The van der Waals surface area contributed by atoms with Gasteiger partial charge in [-0.2, -0.15) is 0 Å². The SMILES string of the molecule is Cc1cc(C)cc(OCCC(=O)NC2CCCCC2CN)c1. The molecule has 1 fully saturated rings. The molecule has 0 saturated heterocycles. The first kappa shape index (κ1) is 16.8. The highest BCUT2D eigenvalue weighted by molar-refractivity contribution is 5.76. The normalized spacial score (nSPS) is 21.4. The molecule has 2 atom stereocenters. The number of carbonyl (C=O) groups excluding carboxylic acids is 1. The van der Waals surface area contributed by atoms with Crippen molar-refractivity contribution in [1.29, 1.82) is 0 Å². The maximum absolute atomic E-state index is 12.1. The lowest BCUT2D eigenvalue weighted by molar-refractivity contribution is -0.122. The van der Waals surface area contributed by atoms with E-state index in [0.717, 1.165) is 18.6 Å². The van der Waals surface area contributed by atoms with Crippen LogP contribution in [0, 0.1) is 19.8 Å². The molecule has 0 heterocycles. The quantitative estimate of drug-likeness (QED) is 0.849. The maximum atomic E-state index is 12.1. The van der Waals surface area contributed by atoms with Crippen molar-refractivity contribution in [3.8, 4) is 5.75 Å². The van der Waals surface area contributed by atoms with Crippen molar-refractivity contribution in [1.82, 2.24) is 5.32 Å². The first-order chi connectivity index (χ1) is 10.6. The standard InChI is InChI=1S/C18H28N2O2/c1-13-9-14(2)11-16(10-13)22-8-7-18(21)20-17-6-4-3-5-15(17)12-19/h9-11,15,17H,3-8,12,19H2,1-2H3,(H,20,21). The fraction of sp³-hybridized carbons (Fsp3) is 0.611. The first-order valence-corrected chi connectivity index (χ1v) is 8.29. The van der Waals surface area contributed by atoms with E-state index in [9.17, 15) is 4.79 Å². The zero-order chi connectivity index (χ0) is 15.9. The molecule has 0 aliphatic heterocycles. The fourth-order valence-corrected chi connectivity index (χ4v) is 3.24. The number of ether oxygens (including phenoxy) is 1. The van der Waals surface area contributed by atoms with Gasteiger partial charge in [0.25, 0.3) is 0 Å². The third-order valence-corrected chi connectivity index (χ3v) is 4.35. The molecular formula is C18H28N2O2. The van der Waals surface area contributed by atoms with Gasteiger partial charge in [-0.3, -0.25) is 4.79 Å². The molecule has 22 heavy (non-hydrogen) atoms. The summed E-state index contributed by atoms with van der Waals surface area (Å²) in [5, 5.41) is 3.13. The smallest absolute Gasteiger partial charge is 0.223 e. The van der Waals surface area contributed by atoms with Crippen LogP contribution >= 0.6 is 0 Å². The molecule has 122 valence electrons. The van der Waals surface area contributed by atoms with E-state index >= 15 is 0 Å². The van der Waals surface area contributed by atoms with Crippen LogP contribution in [0.25, 0.3) is 0 Å². The summed E-state index contributed by atoms with van der Waals surface area (Å²) in [6.45, 7) is 5.16. The largest absolute Gasteiger partial charge is 0.493 e. The number of benzene rings is 1. The van der Waals surface area contributed by atoms with E-state index in [1.165, 1.54) is 24.0 Å². The predicted molar refractivity (Wildman–Crippen MR) is 89.0 cm³/mol. The second-order valence-corrected chi connectivity index (χ2v) is 6.38. The second kappa shape index (κ2) is 8.18. The van der Waals surface area contributed by atoms with E-state index < -0.39 is 0 Å². The van der Waals surface area contributed by atoms with Crippen LogP contribution in [0.2, 0.25) is 0 Å². The average Bonchev–Trinajstić information content (AvgIpc) is 2.46. The van der Waals surface area contributed by atoms with Gasteiger partial charge >= 0.3 is 0 Å². The number of hydrogen-bond acceptors (Lipinski definition) is 3. The Morgan fingerprint density at radius 2 is 1.91 bits per heavy atom. The van der Waals surface area contributed by atoms with E-state index in [4.69, 9.17) is 10.5 Å². The lowest BCUT2D eigenvalue weighted by Gasteiger charge is -2.31. The number of carbonyl (C=O) groups is 1. The van der Waals surface area contributed by atoms with E-state index in [1.807, 2.05) is 26.0 Å². The molecule has 2 rings (SSSR count). The van der Waals surface area contributed by atoms with Crippen LogP contribution in [-0.4, -0.2) is 25.1 Å². The molecule has 4 heteroatoms. The molecule has 0 bridgehead atoms. The van der Waals surface area contributed by atoms with E-state index in [0.29, 0.717) is 25.5 Å². The molecule has 0 radical (unpaired) electrons. The summed E-state index contributed by atoms with van der Waals surface area (Å²) in [5.41, 5.74) is 8.14. The van der Waals surface area contributed by atoms with Gasteiger partial charge in [-0.05, 0) is 62.4 Å². The summed E-state index contributed by atoms with van der Waals surface area (Å²) in [6.07, 6.45) is 4.97. The second-order valence-electron chi connectivity index (χ2n) is 6.38. The van der Waals surface area contributed by atoms with Crippen LogP contribution < -0.4 is 15.8 Å². The van der Waals surface area contributed by atoms with Gasteiger partial charge in [0.2, 0.25) is 5.91 Å². The van der Waals surface area contributed by atoms with E-state index in [1.54, 1.807) is 0 Å². The Balaban J connectivity index is 1.75.